The number of halogens is 1. The van der Waals surface area contributed by atoms with Gasteiger partial charge in [-0.25, -0.2) is 13.2 Å². The van der Waals surface area contributed by atoms with E-state index in [1.807, 2.05) is 24.3 Å². The van der Waals surface area contributed by atoms with Crippen LogP contribution in [0.4, 0.5) is 16.2 Å². The van der Waals surface area contributed by atoms with Crippen LogP contribution in [-0.4, -0.2) is 32.9 Å². The minimum atomic E-state index is -3.79. The number of rotatable bonds is 14. The molecule has 10 heteroatoms. The van der Waals surface area contributed by atoms with Crippen molar-refractivity contribution in [3.63, 3.8) is 0 Å². The number of urea groups is 1. The average Bonchev–Trinajstić information content (AvgIpc) is 2.98. The van der Waals surface area contributed by atoms with E-state index >= 15 is 0 Å². The molecule has 0 aromatic heterocycles. The third-order valence-corrected chi connectivity index (χ3v) is 9.16. The van der Waals surface area contributed by atoms with Crippen LogP contribution in [0.1, 0.15) is 71.4 Å². The van der Waals surface area contributed by atoms with Crippen molar-refractivity contribution in [1.29, 1.82) is 0 Å². The van der Waals surface area contributed by atoms with Crippen LogP contribution in [0.3, 0.4) is 0 Å². The zero-order valence-electron chi connectivity index (χ0n) is 26.2. The third-order valence-electron chi connectivity index (χ3n) is 7.51. The number of hydrogen-bond acceptors (Lipinski definition) is 4. The normalized spacial score (nSPS) is 13.0. The molecule has 3 aromatic carbocycles. The van der Waals surface area contributed by atoms with Crippen molar-refractivity contribution in [3.8, 4) is 0 Å². The molecule has 0 aliphatic heterocycles. The van der Waals surface area contributed by atoms with Gasteiger partial charge in [-0.3, -0.25) is 9.52 Å². The number of carbonyl (C=O) groups is 2. The van der Waals surface area contributed by atoms with Gasteiger partial charge in [0.2, 0.25) is 5.91 Å². The van der Waals surface area contributed by atoms with Gasteiger partial charge in [0, 0.05) is 29.4 Å². The maximum atomic E-state index is 13.2. The van der Waals surface area contributed by atoms with Crippen molar-refractivity contribution in [3.05, 3.63) is 88.9 Å². The number of carbonyl (C=O) groups excluding carboxylic acids is 2. The second-order valence-corrected chi connectivity index (χ2v) is 14.2. The van der Waals surface area contributed by atoms with Crippen LogP contribution in [0, 0.1) is 5.92 Å². The molecule has 0 heterocycles. The molecule has 3 amide bonds. The first-order valence-corrected chi connectivity index (χ1v) is 17.0. The lowest BCUT2D eigenvalue weighted by Crippen LogP contribution is -2.50. The number of amides is 3. The van der Waals surface area contributed by atoms with Gasteiger partial charge in [-0.2, -0.15) is 0 Å². The topological polar surface area (TPSA) is 116 Å². The van der Waals surface area contributed by atoms with Gasteiger partial charge in [-0.15, -0.1) is 0 Å². The number of sulfonamides is 1. The summed E-state index contributed by atoms with van der Waals surface area (Å²) in [5.74, 6) is 0.119. The highest BCUT2D eigenvalue weighted by molar-refractivity contribution is 7.92. The number of hydrogen-bond donors (Lipinski definition) is 4. The van der Waals surface area contributed by atoms with Crippen molar-refractivity contribution >= 4 is 44.9 Å². The van der Waals surface area contributed by atoms with Crippen LogP contribution in [0.5, 0.6) is 0 Å². The van der Waals surface area contributed by atoms with Crippen LogP contribution >= 0.6 is 11.6 Å². The van der Waals surface area contributed by atoms with Gasteiger partial charge in [-0.1, -0.05) is 89.7 Å². The summed E-state index contributed by atoms with van der Waals surface area (Å²) in [6.45, 7) is 11.0. The first-order chi connectivity index (χ1) is 20.8. The average molecular weight is 641 g/mol. The van der Waals surface area contributed by atoms with Crippen molar-refractivity contribution in [2.24, 2.45) is 5.92 Å². The Bertz CT molecular complexity index is 1470. The highest BCUT2D eigenvalue weighted by Gasteiger charge is 2.23. The van der Waals surface area contributed by atoms with Gasteiger partial charge in [0.1, 0.15) is 6.04 Å². The SMILES string of the molecule is CCCCC(CC)CNC(=O)C(Cc1ccc(Cl)cc1)NC(=O)Nc1ccc(NS(=O)(=O)c2ccc(C(C)(C)C)cc2)cc1. The Morgan fingerprint density at radius 1 is 0.864 bits per heavy atom. The maximum absolute atomic E-state index is 13.2. The van der Waals surface area contributed by atoms with Gasteiger partial charge in [0.25, 0.3) is 10.0 Å². The third kappa shape index (κ3) is 10.9. The largest absolute Gasteiger partial charge is 0.354 e. The second-order valence-electron chi connectivity index (χ2n) is 12.1. The van der Waals surface area contributed by atoms with Crippen LogP contribution in [0.25, 0.3) is 0 Å². The molecular weight excluding hydrogens is 596 g/mol. The lowest BCUT2D eigenvalue weighted by molar-refractivity contribution is -0.123. The summed E-state index contributed by atoms with van der Waals surface area (Å²) in [4.78, 5) is 26.3. The molecule has 2 atom stereocenters. The van der Waals surface area contributed by atoms with Crippen molar-refractivity contribution in [2.45, 2.75) is 83.1 Å². The van der Waals surface area contributed by atoms with E-state index in [0.717, 1.165) is 36.8 Å². The van der Waals surface area contributed by atoms with Crippen LogP contribution < -0.4 is 20.7 Å². The minimum Gasteiger partial charge on any atom is -0.354 e. The van der Waals surface area contributed by atoms with Gasteiger partial charge in [-0.05, 0) is 77.4 Å². The number of nitrogens with one attached hydrogen (secondary N) is 4. The summed E-state index contributed by atoms with van der Waals surface area (Å²) in [6.07, 6.45) is 4.50. The molecule has 3 rings (SSSR count). The second kappa shape index (κ2) is 16.0. The molecule has 0 fully saturated rings. The summed E-state index contributed by atoms with van der Waals surface area (Å²) in [5, 5.41) is 9.15. The van der Waals surface area contributed by atoms with Crippen LogP contribution in [0.15, 0.2) is 77.7 Å². The molecule has 0 radical (unpaired) electrons. The smallest absolute Gasteiger partial charge is 0.319 e. The summed E-state index contributed by atoms with van der Waals surface area (Å²) in [6, 6.07) is 18.9. The van der Waals surface area contributed by atoms with Crippen molar-refractivity contribution in [2.75, 3.05) is 16.6 Å². The lowest BCUT2D eigenvalue weighted by Gasteiger charge is -2.21. The van der Waals surface area contributed by atoms with Crippen molar-refractivity contribution < 1.29 is 18.0 Å². The molecule has 0 saturated heterocycles. The fourth-order valence-electron chi connectivity index (χ4n) is 4.67. The maximum Gasteiger partial charge on any atom is 0.319 e. The summed E-state index contributed by atoms with van der Waals surface area (Å²) in [5.41, 5.74) is 2.60. The Morgan fingerprint density at radius 2 is 1.48 bits per heavy atom. The van der Waals surface area contributed by atoms with E-state index in [2.05, 4.69) is 55.3 Å². The van der Waals surface area contributed by atoms with Crippen LogP contribution in [-0.2, 0) is 26.7 Å². The number of benzene rings is 3. The fourth-order valence-corrected chi connectivity index (χ4v) is 5.86. The van der Waals surface area contributed by atoms with Gasteiger partial charge in [0.05, 0.1) is 4.90 Å². The van der Waals surface area contributed by atoms with Gasteiger partial charge >= 0.3 is 6.03 Å². The molecule has 3 aromatic rings. The van der Waals surface area contributed by atoms with E-state index in [0.29, 0.717) is 35.3 Å². The Labute approximate surface area is 267 Å². The molecule has 0 saturated carbocycles. The molecule has 0 spiro atoms. The van der Waals surface area contributed by atoms with E-state index in [9.17, 15) is 18.0 Å². The quantitative estimate of drug-likeness (QED) is 0.146. The summed E-state index contributed by atoms with van der Waals surface area (Å²) < 4.78 is 28.4. The van der Waals surface area contributed by atoms with E-state index < -0.39 is 22.1 Å². The molecule has 0 aliphatic rings. The predicted molar refractivity (Wildman–Crippen MR) is 180 cm³/mol. The number of anilines is 2. The Hall–Kier alpha value is -3.56. The molecular formula is C34H45ClN4O4S. The summed E-state index contributed by atoms with van der Waals surface area (Å²) in [7, 11) is -3.79. The first kappa shape index (κ1) is 34.9. The Balaban J connectivity index is 1.64. The monoisotopic (exact) mass is 640 g/mol. The number of unbranched alkanes of at least 4 members (excludes halogenated alkanes) is 1. The van der Waals surface area contributed by atoms with E-state index in [4.69, 9.17) is 11.6 Å². The molecule has 8 nitrogen and oxygen atoms in total. The molecule has 0 bridgehead atoms. The molecule has 0 aliphatic carbocycles. The molecule has 238 valence electrons. The summed E-state index contributed by atoms with van der Waals surface area (Å²) >= 11 is 6.03. The van der Waals surface area contributed by atoms with Gasteiger partial charge in [0.15, 0.2) is 0 Å². The highest BCUT2D eigenvalue weighted by atomic mass is 35.5. The molecule has 44 heavy (non-hydrogen) atoms. The van der Waals surface area contributed by atoms with Crippen LogP contribution in [0.2, 0.25) is 5.02 Å². The molecule has 2 unspecified atom stereocenters. The van der Waals surface area contributed by atoms with Gasteiger partial charge < -0.3 is 16.0 Å². The fraction of sp³-hybridized carbons (Fsp3) is 0.412. The van der Waals surface area contributed by atoms with Crippen molar-refractivity contribution in [1.82, 2.24) is 10.6 Å². The molecule has 4 N–H and O–H groups in total. The zero-order chi connectivity index (χ0) is 32.3. The van der Waals surface area contributed by atoms with E-state index in [1.165, 1.54) is 0 Å². The highest BCUT2D eigenvalue weighted by Crippen LogP contribution is 2.25. The Kier molecular flexibility index (Phi) is 12.7. The lowest BCUT2D eigenvalue weighted by atomic mass is 9.87. The standard InChI is InChI=1S/C34H45ClN4O4S/c1-6-8-9-24(7-2)23-36-32(40)31(22-25-10-14-27(35)15-11-25)38-33(41)37-28-16-18-29(19-17-28)39-44(42,43)30-20-12-26(13-21-30)34(3,4)5/h10-21,24,31,39H,6-9,22-23H2,1-5H3,(H,36,40)(H2,37,38,41). The minimum absolute atomic E-state index is 0.0864. The first-order valence-electron chi connectivity index (χ1n) is 15.1. The van der Waals surface area contributed by atoms with E-state index in [1.54, 1.807) is 48.5 Å². The van der Waals surface area contributed by atoms with E-state index in [-0.39, 0.29) is 16.2 Å². The zero-order valence-corrected chi connectivity index (χ0v) is 27.8. The predicted octanol–water partition coefficient (Wildman–Crippen LogP) is 7.50. The Morgan fingerprint density at radius 3 is 2.05 bits per heavy atom.